The van der Waals surface area contributed by atoms with E-state index in [0.29, 0.717) is 18.4 Å². The SMILES string of the molecule is Cc1cn([C@H]2CC[C@@H](COP(=O)(O)OC(C)C)O2)c(=O)[nH]c1=O. The lowest BCUT2D eigenvalue weighted by atomic mass is 10.2. The molecule has 0 radical (unpaired) electrons. The predicted octanol–water partition coefficient (Wildman–Crippen LogP) is 1.06. The van der Waals surface area contributed by atoms with Gasteiger partial charge in [-0.05, 0) is 33.6 Å². The van der Waals surface area contributed by atoms with Crippen molar-refractivity contribution >= 4 is 7.82 Å². The van der Waals surface area contributed by atoms with Crippen LogP contribution in [0.1, 0.15) is 38.5 Å². The Morgan fingerprint density at radius 3 is 2.83 bits per heavy atom. The number of phosphoric ester groups is 1. The fourth-order valence-corrected chi connectivity index (χ4v) is 3.24. The molecule has 2 N–H and O–H groups in total. The maximum atomic E-state index is 11.8. The topological polar surface area (TPSA) is 120 Å². The molecule has 2 heterocycles. The number of nitrogens with one attached hydrogen (secondary N) is 1. The van der Waals surface area contributed by atoms with Crippen LogP contribution in [0.2, 0.25) is 0 Å². The predicted molar refractivity (Wildman–Crippen MR) is 81.2 cm³/mol. The number of rotatable bonds is 6. The highest BCUT2D eigenvalue weighted by atomic mass is 31.2. The van der Waals surface area contributed by atoms with Crippen LogP contribution >= 0.6 is 7.82 Å². The third-order valence-corrected chi connectivity index (χ3v) is 4.47. The molecule has 3 atom stereocenters. The first-order valence-electron chi connectivity index (χ1n) is 7.31. The second kappa shape index (κ2) is 7.11. The molecule has 0 spiro atoms. The number of H-pyrrole nitrogens is 1. The van der Waals surface area contributed by atoms with Gasteiger partial charge in [-0.25, -0.2) is 9.36 Å². The summed E-state index contributed by atoms with van der Waals surface area (Å²) in [6.45, 7) is 4.72. The van der Waals surface area contributed by atoms with Gasteiger partial charge in [0, 0.05) is 11.8 Å². The van der Waals surface area contributed by atoms with Gasteiger partial charge < -0.3 is 9.63 Å². The van der Waals surface area contributed by atoms with E-state index in [2.05, 4.69) is 4.98 Å². The molecule has 23 heavy (non-hydrogen) atoms. The molecule has 0 aliphatic carbocycles. The van der Waals surface area contributed by atoms with Gasteiger partial charge in [-0.2, -0.15) is 0 Å². The maximum absolute atomic E-state index is 11.8. The number of aryl methyl sites for hydroxylation is 1. The summed E-state index contributed by atoms with van der Waals surface area (Å²) in [4.78, 5) is 34.9. The molecular formula is C13H21N2O7P. The van der Waals surface area contributed by atoms with Crippen molar-refractivity contribution in [1.29, 1.82) is 0 Å². The first kappa shape index (κ1) is 18.1. The fourth-order valence-electron chi connectivity index (χ4n) is 2.29. The fraction of sp³-hybridized carbons (Fsp3) is 0.692. The molecule has 1 unspecified atom stereocenters. The average Bonchev–Trinajstić information content (AvgIpc) is 2.88. The Balaban J connectivity index is 1.97. The van der Waals surface area contributed by atoms with Gasteiger partial charge in [-0.3, -0.25) is 23.4 Å². The number of phosphoric acid groups is 1. The third-order valence-electron chi connectivity index (χ3n) is 3.31. The Labute approximate surface area is 132 Å². The van der Waals surface area contributed by atoms with Crippen LogP contribution in [-0.4, -0.2) is 33.3 Å². The van der Waals surface area contributed by atoms with Crippen LogP contribution in [0.3, 0.4) is 0 Å². The van der Waals surface area contributed by atoms with Crippen molar-refractivity contribution < 1.29 is 23.2 Å². The van der Waals surface area contributed by atoms with E-state index in [0.717, 1.165) is 0 Å². The van der Waals surface area contributed by atoms with Crippen molar-refractivity contribution in [2.24, 2.45) is 0 Å². The van der Waals surface area contributed by atoms with Crippen molar-refractivity contribution in [3.8, 4) is 0 Å². The zero-order valence-electron chi connectivity index (χ0n) is 13.2. The van der Waals surface area contributed by atoms with Gasteiger partial charge in [0.05, 0.1) is 18.8 Å². The number of hydrogen-bond donors (Lipinski definition) is 2. The lowest BCUT2D eigenvalue weighted by Gasteiger charge is -2.18. The largest absolute Gasteiger partial charge is 0.472 e. The molecule has 1 fully saturated rings. The van der Waals surface area contributed by atoms with E-state index >= 15 is 0 Å². The van der Waals surface area contributed by atoms with Crippen LogP contribution < -0.4 is 11.2 Å². The van der Waals surface area contributed by atoms with Gasteiger partial charge in [-0.15, -0.1) is 0 Å². The number of hydrogen-bond acceptors (Lipinski definition) is 6. The maximum Gasteiger partial charge on any atom is 0.472 e. The Morgan fingerprint density at radius 2 is 2.17 bits per heavy atom. The van der Waals surface area contributed by atoms with Gasteiger partial charge in [0.15, 0.2) is 0 Å². The zero-order valence-corrected chi connectivity index (χ0v) is 14.1. The molecule has 0 saturated carbocycles. The summed E-state index contributed by atoms with van der Waals surface area (Å²) in [5.41, 5.74) is -0.586. The summed E-state index contributed by atoms with van der Waals surface area (Å²) in [6.07, 6.45) is 1.10. The lowest BCUT2D eigenvalue weighted by molar-refractivity contribution is -0.0272. The molecular weight excluding hydrogens is 327 g/mol. The summed E-state index contributed by atoms with van der Waals surface area (Å²) in [5.74, 6) is 0. The molecule has 1 aromatic heterocycles. The summed E-state index contributed by atoms with van der Waals surface area (Å²) < 4.78 is 28.3. The normalized spacial score (nSPS) is 24.0. The standard InChI is InChI=1S/C13H21N2O7P/c1-8(2)22-23(18,19)20-7-10-4-5-11(21-10)15-6-9(3)12(16)14-13(15)17/h6,8,10-11H,4-5,7H2,1-3H3,(H,18,19)(H,14,16,17)/t10-,11+/m0/s1. The lowest BCUT2D eigenvalue weighted by Crippen LogP contribution is -2.33. The monoisotopic (exact) mass is 348 g/mol. The van der Waals surface area contributed by atoms with Crippen molar-refractivity contribution in [1.82, 2.24) is 9.55 Å². The van der Waals surface area contributed by atoms with Gasteiger partial charge in [-0.1, -0.05) is 0 Å². The van der Waals surface area contributed by atoms with E-state index in [1.54, 1.807) is 20.8 Å². The zero-order chi connectivity index (χ0) is 17.2. The highest BCUT2D eigenvalue weighted by Crippen LogP contribution is 2.45. The minimum atomic E-state index is -4.11. The van der Waals surface area contributed by atoms with Gasteiger partial charge in [0.1, 0.15) is 6.23 Å². The molecule has 1 aliphatic heterocycles. The van der Waals surface area contributed by atoms with Crippen LogP contribution in [0.15, 0.2) is 15.8 Å². The van der Waals surface area contributed by atoms with Gasteiger partial charge >= 0.3 is 13.5 Å². The molecule has 1 aromatic rings. The van der Waals surface area contributed by atoms with E-state index in [1.165, 1.54) is 10.8 Å². The number of aromatic nitrogens is 2. The molecule has 0 aromatic carbocycles. The summed E-state index contributed by atoms with van der Waals surface area (Å²) in [6, 6.07) is 0. The molecule has 2 rings (SSSR count). The number of ether oxygens (including phenoxy) is 1. The molecule has 9 nitrogen and oxygen atoms in total. The van der Waals surface area contributed by atoms with Crippen molar-refractivity contribution in [2.75, 3.05) is 6.61 Å². The Hall–Kier alpha value is -1.25. The average molecular weight is 348 g/mol. The molecule has 1 aliphatic rings. The second-order valence-electron chi connectivity index (χ2n) is 5.69. The Kier molecular flexibility index (Phi) is 5.59. The van der Waals surface area contributed by atoms with Gasteiger partial charge in [0.2, 0.25) is 0 Å². The Morgan fingerprint density at radius 1 is 1.48 bits per heavy atom. The van der Waals surface area contributed by atoms with Crippen molar-refractivity contribution in [2.45, 2.75) is 52.0 Å². The van der Waals surface area contributed by atoms with Crippen LogP contribution in [0.5, 0.6) is 0 Å². The molecule has 0 bridgehead atoms. The molecule has 130 valence electrons. The highest BCUT2D eigenvalue weighted by Gasteiger charge is 2.31. The molecule has 0 amide bonds. The van der Waals surface area contributed by atoms with E-state index < -0.39 is 37.5 Å². The van der Waals surface area contributed by atoms with Crippen molar-refractivity contribution in [3.63, 3.8) is 0 Å². The van der Waals surface area contributed by atoms with E-state index in [1.807, 2.05) is 0 Å². The van der Waals surface area contributed by atoms with Crippen LogP contribution in [0.25, 0.3) is 0 Å². The third kappa shape index (κ3) is 4.86. The minimum absolute atomic E-state index is 0.117. The minimum Gasteiger partial charge on any atom is -0.352 e. The summed E-state index contributed by atoms with van der Waals surface area (Å²) >= 11 is 0. The summed E-state index contributed by atoms with van der Waals surface area (Å²) in [7, 11) is -4.11. The van der Waals surface area contributed by atoms with Crippen LogP contribution in [0, 0.1) is 6.92 Å². The van der Waals surface area contributed by atoms with E-state index in [4.69, 9.17) is 13.8 Å². The van der Waals surface area contributed by atoms with E-state index in [9.17, 15) is 19.0 Å². The van der Waals surface area contributed by atoms with Crippen LogP contribution in [-0.2, 0) is 18.3 Å². The number of aromatic amines is 1. The molecule has 10 heteroatoms. The first-order valence-corrected chi connectivity index (χ1v) is 8.81. The number of nitrogens with zero attached hydrogens (tertiary/aromatic N) is 1. The van der Waals surface area contributed by atoms with E-state index in [-0.39, 0.29) is 6.61 Å². The Bertz CT molecular complexity index is 711. The first-order chi connectivity index (χ1) is 10.7. The van der Waals surface area contributed by atoms with Crippen LogP contribution in [0.4, 0.5) is 0 Å². The van der Waals surface area contributed by atoms with Crippen molar-refractivity contribution in [3.05, 3.63) is 32.6 Å². The smallest absolute Gasteiger partial charge is 0.352 e. The quantitative estimate of drug-likeness (QED) is 0.738. The molecule has 1 saturated heterocycles. The highest BCUT2D eigenvalue weighted by molar-refractivity contribution is 7.47. The second-order valence-corrected chi connectivity index (χ2v) is 7.09. The summed E-state index contributed by atoms with van der Waals surface area (Å²) in [5, 5.41) is 0. The van der Waals surface area contributed by atoms with Gasteiger partial charge in [0.25, 0.3) is 5.56 Å².